The van der Waals surface area contributed by atoms with Crippen LogP contribution in [0.15, 0.2) is 168 Å². The van der Waals surface area contributed by atoms with Crippen LogP contribution in [0.25, 0.3) is 55.3 Å². The minimum atomic E-state index is 0. The van der Waals surface area contributed by atoms with Crippen LogP contribution in [-0.2, 0) is 19.5 Å². The van der Waals surface area contributed by atoms with Crippen molar-refractivity contribution in [3.8, 4) is 44.5 Å². The summed E-state index contributed by atoms with van der Waals surface area (Å²) in [6.07, 6.45) is 7.46. The number of rotatable bonds is 14. The quantitative estimate of drug-likeness (QED) is 0.102. The van der Waals surface area contributed by atoms with E-state index < -0.39 is 0 Å². The molecule has 0 unspecified atom stereocenters. The summed E-state index contributed by atoms with van der Waals surface area (Å²) in [6.45, 7) is 36.2. The first-order valence-corrected chi connectivity index (χ1v) is 28.6. The number of nitrogens with zero attached hydrogens (tertiary/aromatic N) is 6. The first kappa shape index (κ1) is 59.8. The number of benzene rings is 5. The minimum Gasteiger partial charge on any atom is -0.443 e. The summed E-state index contributed by atoms with van der Waals surface area (Å²) >= 11 is 0. The Labute approximate surface area is 485 Å². The second-order valence-electron chi connectivity index (χ2n) is 23.5. The normalized spacial score (nSPS) is 12.3. The Morgan fingerprint density at radius 3 is 1.03 bits per heavy atom. The maximum Gasteiger partial charge on any atom is 2.00 e. The van der Waals surface area contributed by atoms with Crippen LogP contribution >= 0.6 is 0 Å². The van der Waals surface area contributed by atoms with Crippen molar-refractivity contribution in [1.29, 1.82) is 0 Å². The fourth-order valence-corrected chi connectivity index (χ4v) is 11.1. The van der Waals surface area contributed by atoms with Gasteiger partial charge in [0.15, 0.2) is 0 Å². The first-order valence-electron chi connectivity index (χ1n) is 28.6. The Bertz CT molecular complexity index is 3570. The number of pyridine rings is 4. The van der Waals surface area contributed by atoms with E-state index in [9.17, 15) is 0 Å². The zero-order chi connectivity index (χ0) is 55.9. The van der Waals surface area contributed by atoms with Crippen LogP contribution in [0.4, 0.5) is 11.6 Å². The van der Waals surface area contributed by atoms with E-state index in [1.54, 1.807) is 0 Å². The summed E-state index contributed by atoms with van der Waals surface area (Å²) in [5.74, 6) is 4.81. The molecule has 0 bridgehead atoms. The van der Waals surface area contributed by atoms with E-state index in [0.717, 1.165) is 27.5 Å². The third-order valence-corrected chi connectivity index (χ3v) is 15.1. The molecule has 0 aliphatic rings. The van der Waals surface area contributed by atoms with Gasteiger partial charge < -0.3 is 20.0 Å². The van der Waals surface area contributed by atoms with Gasteiger partial charge in [-0.1, -0.05) is 243 Å². The summed E-state index contributed by atoms with van der Waals surface area (Å²) < 4.78 is 0. The van der Waals surface area contributed by atoms with Crippen LogP contribution in [-0.4, -0.2) is 9.97 Å². The molecule has 0 aliphatic carbocycles. The Morgan fingerprint density at radius 2 is 0.658 bits per heavy atom. The average molecular weight is 1100 g/mol. The van der Waals surface area contributed by atoms with Crippen LogP contribution in [0.3, 0.4) is 0 Å². The third kappa shape index (κ3) is 13.6. The van der Waals surface area contributed by atoms with Gasteiger partial charge in [-0.2, -0.15) is 0 Å². The summed E-state index contributed by atoms with van der Waals surface area (Å²) in [7, 11) is 0. The van der Waals surface area contributed by atoms with Gasteiger partial charge in [-0.25, -0.2) is 0 Å². The molecular formula is C72H82N6Zn. The standard InChI is InChI=1S/C38H42N3.C34H40N3.Zn/c1-23(2)30-11-9-12-31(24(3)4)36(30)28-15-16-34-27(21-28)17-20-40-38(34)41-35-22-29(18-19-39-35)37-32(25(5)6)13-10-14-33(37)26(7)8;1-21(2)27-11-9-12-28(22(3)4)33(27)25-15-17-35-31(19-25)37-32-20-26(16-18-36-32)34-29(23(5)6)13-10-14-30(34)24(7)8;/h9-26H,1-8H3;9-24H,1-8H3;/q2*-1;+2. The van der Waals surface area contributed by atoms with Crippen molar-refractivity contribution in [1.82, 2.24) is 19.9 Å². The molecule has 0 saturated carbocycles. The van der Waals surface area contributed by atoms with E-state index in [1.807, 2.05) is 24.8 Å². The molecule has 9 rings (SSSR count). The number of hydrogen-bond donors (Lipinski definition) is 0. The van der Waals surface area contributed by atoms with Crippen molar-refractivity contribution in [2.24, 2.45) is 9.98 Å². The molecule has 0 spiro atoms. The summed E-state index contributed by atoms with van der Waals surface area (Å²) in [5.41, 5.74) is 22.2. The fourth-order valence-electron chi connectivity index (χ4n) is 11.1. The molecule has 0 radical (unpaired) electrons. The number of aromatic nitrogens is 4. The predicted molar refractivity (Wildman–Crippen MR) is 330 cm³/mol. The Hall–Kier alpha value is -6.82. The maximum atomic E-state index is 4.98. The van der Waals surface area contributed by atoms with Gasteiger partial charge in [0.05, 0.1) is 11.6 Å². The Morgan fingerprint density at radius 1 is 0.329 bits per heavy atom. The number of fused-ring (bicyclic) bond motifs is 1. The molecule has 6 nitrogen and oxygen atoms in total. The average Bonchev–Trinajstić information content (AvgIpc) is 3.42. The molecule has 0 amide bonds. The van der Waals surface area contributed by atoms with Crippen molar-refractivity contribution in [3.63, 3.8) is 0 Å². The second-order valence-corrected chi connectivity index (χ2v) is 23.5. The van der Waals surface area contributed by atoms with Crippen molar-refractivity contribution in [3.05, 3.63) is 214 Å². The first-order chi connectivity index (χ1) is 37.3. The fraction of sp³-hybridized carbons (Fsp3) is 0.333. The monoisotopic (exact) mass is 1090 g/mol. The summed E-state index contributed by atoms with van der Waals surface area (Å²) in [4.78, 5) is 28.4. The molecule has 402 valence electrons. The molecule has 0 saturated heterocycles. The molecule has 7 heteroatoms. The smallest absolute Gasteiger partial charge is 0.443 e. The second kappa shape index (κ2) is 26.4. The van der Waals surface area contributed by atoms with Gasteiger partial charge in [0.25, 0.3) is 0 Å². The van der Waals surface area contributed by atoms with Crippen LogP contribution in [0, 0.1) is 0 Å². The van der Waals surface area contributed by atoms with E-state index >= 15 is 0 Å². The topological polar surface area (TPSA) is 78.7 Å². The van der Waals surface area contributed by atoms with Gasteiger partial charge in [0.2, 0.25) is 0 Å². The van der Waals surface area contributed by atoms with E-state index in [-0.39, 0.29) is 19.5 Å². The minimum absolute atomic E-state index is 0. The van der Waals surface area contributed by atoms with Gasteiger partial charge in [0, 0.05) is 17.8 Å². The van der Waals surface area contributed by atoms with E-state index in [0.29, 0.717) is 70.0 Å². The third-order valence-electron chi connectivity index (χ3n) is 15.1. The van der Waals surface area contributed by atoms with Gasteiger partial charge in [-0.05, 0) is 166 Å². The largest absolute Gasteiger partial charge is 2.00 e. The molecule has 4 heterocycles. The molecule has 0 fully saturated rings. The van der Waals surface area contributed by atoms with E-state index in [2.05, 4.69) is 264 Å². The zero-order valence-electron chi connectivity index (χ0n) is 50.0. The molecule has 9 aromatic rings. The van der Waals surface area contributed by atoms with Crippen molar-refractivity contribution < 1.29 is 19.5 Å². The van der Waals surface area contributed by atoms with Gasteiger partial charge in [-0.15, -0.1) is 0 Å². The molecule has 0 atom stereocenters. The number of hydrogen-bond acceptors (Lipinski definition) is 4. The van der Waals surface area contributed by atoms with Crippen molar-refractivity contribution >= 4 is 22.4 Å². The van der Waals surface area contributed by atoms with Crippen molar-refractivity contribution in [2.75, 3.05) is 0 Å². The van der Waals surface area contributed by atoms with Crippen LogP contribution in [0.2, 0.25) is 0 Å². The zero-order valence-corrected chi connectivity index (χ0v) is 53.0. The molecule has 0 aliphatic heterocycles. The summed E-state index contributed by atoms with van der Waals surface area (Å²) in [6, 6.07) is 48.1. The van der Waals surface area contributed by atoms with Crippen molar-refractivity contribution in [2.45, 2.75) is 158 Å². The van der Waals surface area contributed by atoms with Crippen LogP contribution < -0.4 is 20.9 Å². The van der Waals surface area contributed by atoms with Gasteiger partial charge in [0.1, 0.15) is 0 Å². The van der Waals surface area contributed by atoms with Gasteiger partial charge in [-0.3, -0.25) is 9.97 Å². The molecule has 5 aromatic carbocycles. The maximum absolute atomic E-state index is 4.98. The molecule has 79 heavy (non-hydrogen) atoms. The Kier molecular flexibility index (Phi) is 20.0. The summed E-state index contributed by atoms with van der Waals surface area (Å²) in [5, 5.41) is 2.16. The van der Waals surface area contributed by atoms with E-state index in [4.69, 9.17) is 9.98 Å². The molecule has 4 aromatic heterocycles. The Balaban J connectivity index is 0.000000227. The SMILES string of the molecule is CC(C)c1cccc(C(C)C)c1-c1cc[n-]c(=Nc2nccc3cc(-c4c(C(C)C)cccc4C(C)C)ccc23)c1.CC(C)c1cccc(C(C)C)c1-c1ccnc(N=c2cc(-c3c(C(C)C)cccc3C(C)C)cc[n-]2)c1.[Zn+2]. The molecular weight excluding hydrogens is 1010 g/mol. The van der Waals surface area contributed by atoms with Crippen LogP contribution in [0.5, 0.6) is 0 Å². The predicted octanol–water partition coefficient (Wildman–Crippen LogP) is 19.3. The molecule has 0 N–H and O–H groups in total. The van der Waals surface area contributed by atoms with Crippen LogP contribution in [0.1, 0.15) is 203 Å². The van der Waals surface area contributed by atoms with E-state index in [1.165, 1.54) is 72.3 Å². The van der Waals surface area contributed by atoms with Gasteiger partial charge >= 0.3 is 19.5 Å².